The topological polar surface area (TPSA) is 47.6 Å². The number of methoxy groups -OCH3 is 1. The summed E-state index contributed by atoms with van der Waals surface area (Å²) in [4.78, 5) is 12.2. The molecule has 0 unspecified atom stereocenters. The molecule has 0 bridgehead atoms. The second-order valence-corrected chi connectivity index (χ2v) is 5.94. The van der Waals surface area contributed by atoms with Crippen molar-refractivity contribution in [2.24, 2.45) is 11.8 Å². The number of carbonyl (C=O) groups excluding carboxylic acids is 1. The summed E-state index contributed by atoms with van der Waals surface area (Å²) in [5, 5.41) is 2.99. The molecule has 1 aliphatic carbocycles. The second-order valence-electron chi connectivity index (χ2n) is 5.54. The molecule has 4 nitrogen and oxygen atoms in total. The third-order valence-electron chi connectivity index (χ3n) is 4.37. The van der Waals surface area contributed by atoms with E-state index in [0.29, 0.717) is 12.5 Å². The van der Waals surface area contributed by atoms with E-state index in [4.69, 9.17) is 21.1 Å². The van der Waals surface area contributed by atoms with Gasteiger partial charge in [0.2, 0.25) is 0 Å². The van der Waals surface area contributed by atoms with Crippen LogP contribution in [0.3, 0.4) is 0 Å². The Labute approximate surface area is 127 Å². The third kappa shape index (κ3) is 2.65. The zero-order chi connectivity index (χ0) is 15.0. The minimum Gasteiger partial charge on any atom is -0.384 e. The van der Waals surface area contributed by atoms with Gasteiger partial charge in [-0.05, 0) is 24.6 Å². The fourth-order valence-electron chi connectivity index (χ4n) is 3.31. The van der Waals surface area contributed by atoms with Crippen molar-refractivity contribution in [1.29, 1.82) is 0 Å². The highest BCUT2D eigenvalue weighted by atomic mass is 35.5. The van der Waals surface area contributed by atoms with Crippen molar-refractivity contribution in [1.82, 2.24) is 5.32 Å². The van der Waals surface area contributed by atoms with Gasteiger partial charge in [-0.2, -0.15) is 0 Å². The molecular weight excluding hydrogens is 297 g/mol. The summed E-state index contributed by atoms with van der Waals surface area (Å²) in [7, 11) is 1.63. The van der Waals surface area contributed by atoms with Crippen molar-refractivity contribution in [3.8, 4) is 0 Å². The lowest BCUT2D eigenvalue weighted by Gasteiger charge is -2.47. The summed E-state index contributed by atoms with van der Waals surface area (Å²) in [5.74, 6) is -0.398. The van der Waals surface area contributed by atoms with Crippen LogP contribution in [0.4, 0.5) is 4.39 Å². The molecule has 1 heterocycles. The highest BCUT2D eigenvalue weighted by molar-refractivity contribution is 6.30. The molecule has 0 spiro atoms. The minimum absolute atomic E-state index is 0.0108. The fraction of sp³-hybridized carbons (Fsp3) is 0.533. The first kappa shape index (κ1) is 14.8. The molecule has 3 rings (SSSR count). The standard InChI is InChI=1S/C15H17ClFNO3/c1-20-7-10-13(9-4-5-21-14(9)10)18-15(19)8-2-3-11(16)12(17)6-8/h2-3,6,9-10,13-14H,4-5,7H2,1H3,(H,18,19)/t9-,10+,13+,14-/m0/s1. The Morgan fingerprint density at radius 3 is 3.10 bits per heavy atom. The Morgan fingerprint density at radius 1 is 1.57 bits per heavy atom. The first-order valence-corrected chi connectivity index (χ1v) is 7.36. The van der Waals surface area contributed by atoms with Crippen molar-refractivity contribution >= 4 is 17.5 Å². The van der Waals surface area contributed by atoms with E-state index in [1.807, 2.05) is 0 Å². The summed E-state index contributed by atoms with van der Waals surface area (Å²) in [6.45, 7) is 1.26. The molecule has 1 amide bonds. The highest BCUT2D eigenvalue weighted by Gasteiger charge is 2.54. The van der Waals surface area contributed by atoms with Gasteiger partial charge in [0.15, 0.2) is 0 Å². The van der Waals surface area contributed by atoms with Crippen molar-refractivity contribution in [3.63, 3.8) is 0 Å². The summed E-state index contributed by atoms with van der Waals surface area (Å²) in [6.07, 6.45) is 1.10. The van der Waals surface area contributed by atoms with Crippen LogP contribution in [-0.4, -0.2) is 38.4 Å². The molecule has 1 aromatic carbocycles. The molecule has 1 saturated heterocycles. The Bertz CT molecular complexity index is 554. The molecule has 0 radical (unpaired) electrons. The largest absolute Gasteiger partial charge is 0.384 e. The number of nitrogens with one attached hydrogen (secondary N) is 1. The lowest BCUT2D eigenvalue weighted by Crippen LogP contribution is -2.62. The lowest BCUT2D eigenvalue weighted by molar-refractivity contribution is -0.0809. The molecule has 6 heteroatoms. The molecule has 4 atom stereocenters. The van der Waals surface area contributed by atoms with Crippen molar-refractivity contribution in [3.05, 3.63) is 34.6 Å². The van der Waals surface area contributed by atoms with Gasteiger partial charge in [0.1, 0.15) is 5.82 Å². The molecule has 1 N–H and O–H groups in total. The number of ether oxygens (including phenoxy) is 2. The van der Waals surface area contributed by atoms with E-state index >= 15 is 0 Å². The molecule has 2 aliphatic rings. The monoisotopic (exact) mass is 313 g/mol. The van der Waals surface area contributed by atoms with Gasteiger partial charge in [-0.3, -0.25) is 4.79 Å². The van der Waals surface area contributed by atoms with Gasteiger partial charge in [0.25, 0.3) is 5.91 Å². The maximum Gasteiger partial charge on any atom is 0.251 e. The number of rotatable bonds is 4. The number of amides is 1. The smallest absolute Gasteiger partial charge is 0.251 e. The van der Waals surface area contributed by atoms with Crippen molar-refractivity contribution in [2.75, 3.05) is 20.3 Å². The second kappa shape index (κ2) is 5.91. The average molecular weight is 314 g/mol. The van der Waals surface area contributed by atoms with Crippen LogP contribution in [0.25, 0.3) is 0 Å². The number of hydrogen-bond acceptors (Lipinski definition) is 3. The Hall–Kier alpha value is -1.17. The number of fused-ring (bicyclic) bond motifs is 1. The summed E-state index contributed by atoms with van der Waals surface area (Å²) >= 11 is 5.63. The molecule has 1 aromatic rings. The van der Waals surface area contributed by atoms with E-state index in [1.165, 1.54) is 12.1 Å². The van der Waals surface area contributed by atoms with E-state index in [9.17, 15) is 9.18 Å². The maximum absolute atomic E-state index is 13.4. The van der Waals surface area contributed by atoms with E-state index < -0.39 is 5.82 Å². The van der Waals surface area contributed by atoms with E-state index in [-0.39, 0.29) is 34.6 Å². The zero-order valence-corrected chi connectivity index (χ0v) is 12.4. The molecule has 0 aromatic heterocycles. The van der Waals surface area contributed by atoms with Gasteiger partial charge in [-0.15, -0.1) is 0 Å². The van der Waals surface area contributed by atoms with Crippen LogP contribution in [0.1, 0.15) is 16.8 Å². The molecule has 1 saturated carbocycles. The highest BCUT2D eigenvalue weighted by Crippen LogP contribution is 2.43. The van der Waals surface area contributed by atoms with Crippen LogP contribution < -0.4 is 5.32 Å². The van der Waals surface area contributed by atoms with Crippen LogP contribution in [0.15, 0.2) is 18.2 Å². The Morgan fingerprint density at radius 2 is 2.38 bits per heavy atom. The first-order valence-electron chi connectivity index (χ1n) is 6.98. The number of benzene rings is 1. The third-order valence-corrected chi connectivity index (χ3v) is 4.67. The summed E-state index contributed by atoms with van der Waals surface area (Å²) < 4.78 is 24.3. The van der Waals surface area contributed by atoms with E-state index in [0.717, 1.165) is 19.1 Å². The number of halogens is 2. The SMILES string of the molecule is COC[C@@H]1[C@H](NC(=O)c2ccc(Cl)c(F)c2)[C@@H]2CCO[C@H]12. The lowest BCUT2D eigenvalue weighted by atomic mass is 9.67. The Balaban J connectivity index is 1.70. The van der Waals surface area contributed by atoms with Gasteiger partial charge in [-0.1, -0.05) is 11.6 Å². The summed E-state index contributed by atoms with van der Waals surface area (Å²) in [5.41, 5.74) is 0.274. The number of carbonyl (C=O) groups is 1. The molecule has 21 heavy (non-hydrogen) atoms. The minimum atomic E-state index is -0.589. The average Bonchev–Trinajstić information content (AvgIpc) is 2.89. The van der Waals surface area contributed by atoms with Crippen LogP contribution in [0, 0.1) is 17.7 Å². The van der Waals surface area contributed by atoms with Gasteiger partial charge in [-0.25, -0.2) is 4.39 Å². The fourth-order valence-corrected chi connectivity index (χ4v) is 3.42. The predicted molar refractivity (Wildman–Crippen MR) is 75.9 cm³/mol. The first-order chi connectivity index (χ1) is 10.1. The molecular formula is C15H17ClFNO3. The quantitative estimate of drug-likeness (QED) is 0.927. The number of hydrogen-bond donors (Lipinski definition) is 1. The molecule has 114 valence electrons. The normalized spacial score (nSPS) is 30.6. The Kier molecular flexibility index (Phi) is 4.15. The van der Waals surface area contributed by atoms with Gasteiger partial charge in [0.05, 0.1) is 17.7 Å². The van der Waals surface area contributed by atoms with Gasteiger partial charge in [0, 0.05) is 37.2 Å². The van der Waals surface area contributed by atoms with Crippen LogP contribution in [-0.2, 0) is 9.47 Å². The van der Waals surface area contributed by atoms with Crippen LogP contribution in [0.2, 0.25) is 5.02 Å². The van der Waals surface area contributed by atoms with Crippen molar-refractivity contribution in [2.45, 2.75) is 18.6 Å². The van der Waals surface area contributed by atoms with E-state index in [1.54, 1.807) is 7.11 Å². The molecule has 2 fully saturated rings. The van der Waals surface area contributed by atoms with E-state index in [2.05, 4.69) is 5.32 Å². The molecule has 1 aliphatic heterocycles. The van der Waals surface area contributed by atoms with Crippen LogP contribution in [0.5, 0.6) is 0 Å². The van der Waals surface area contributed by atoms with Gasteiger partial charge >= 0.3 is 0 Å². The zero-order valence-electron chi connectivity index (χ0n) is 11.6. The summed E-state index contributed by atoms with van der Waals surface area (Å²) in [6, 6.07) is 4.09. The maximum atomic E-state index is 13.4. The predicted octanol–water partition coefficient (Wildman–Crippen LogP) is 2.26. The van der Waals surface area contributed by atoms with Crippen LogP contribution >= 0.6 is 11.6 Å². The van der Waals surface area contributed by atoms with Crippen molar-refractivity contribution < 1.29 is 18.7 Å². The van der Waals surface area contributed by atoms with Gasteiger partial charge < -0.3 is 14.8 Å².